The van der Waals surface area contributed by atoms with Gasteiger partial charge in [0.05, 0.1) is 0 Å². The number of hydrogen-bond donors (Lipinski definition) is 1. The topological polar surface area (TPSA) is 63.4 Å². The maximum Gasteiger partial charge on any atom is 0.229 e. The summed E-state index contributed by atoms with van der Waals surface area (Å²) in [5.74, 6) is 0.273. The molecule has 2 fully saturated rings. The second-order valence-electron chi connectivity index (χ2n) is 6.72. The van der Waals surface area contributed by atoms with Gasteiger partial charge in [-0.15, -0.1) is 0 Å². The van der Waals surface area contributed by atoms with Gasteiger partial charge in [0.2, 0.25) is 11.8 Å². The highest BCUT2D eigenvalue weighted by Crippen LogP contribution is 2.45. The Balaban J connectivity index is 2.02. The Morgan fingerprint density at radius 2 is 1.63 bits per heavy atom. The van der Waals surface area contributed by atoms with E-state index in [2.05, 4.69) is 0 Å². The normalized spacial score (nSPS) is 25.2. The molecule has 2 amide bonds. The summed E-state index contributed by atoms with van der Waals surface area (Å²) in [6.07, 6.45) is 6.72. The Morgan fingerprint density at radius 3 is 2.11 bits per heavy atom. The molecule has 108 valence electrons. The lowest BCUT2D eigenvalue weighted by Crippen LogP contribution is -2.53. The molecule has 1 unspecified atom stereocenters. The van der Waals surface area contributed by atoms with E-state index in [1.54, 1.807) is 0 Å². The van der Waals surface area contributed by atoms with Gasteiger partial charge in [0.25, 0.3) is 0 Å². The Labute approximate surface area is 115 Å². The standard InChI is InChI=1S/C15H26N2O2/c1-11(2)12(16)10-17-13(18)8-15(9-14(17)19)6-4-3-5-7-15/h11-12H,3-10,16H2,1-2H3. The summed E-state index contributed by atoms with van der Waals surface area (Å²) < 4.78 is 0. The van der Waals surface area contributed by atoms with Crippen LogP contribution in [0.4, 0.5) is 0 Å². The number of imide groups is 1. The van der Waals surface area contributed by atoms with Crippen molar-refractivity contribution >= 4 is 11.8 Å². The third-order valence-corrected chi connectivity index (χ3v) is 4.82. The Bertz CT molecular complexity index is 339. The highest BCUT2D eigenvalue weighted by Gasteiger charge is 2.44. The lowest BCUT2D eigenvalue weighted by atomic mass is 9.67. The van der Waals surface area contributed by atoms with Gasteiger partial charge in [0.15, 0.2) is 0 Å². The summed E-state index contributed by atoms with van der Waals surface area (Å²) in [6, 6.07) is -0.117. The predicted molar refractivity (Wildman–Crippen MR) is 74.3 cm³/mol. The highest BCUT2D eigenvalue weighted by atomic mass is 16.2. The number of likely N-dealkylation sites (tertiary alicyclic amines) is 1. The minimum absolute atomic E-state index is 0.00532. The number of carbonyl (C=O) groups is 2. The van der Waals surface area contributed by atoms with Crippen molar-refractivity contribution < 1.29 is 9.59 Å². The first-order valence-corrected chi connectivity index (χ1v) is 7.52. The second kappa shape index (κ2) is 5.61. The van der Waals surface area contributed by atoms with Crippen LogP contribution in [-0.2, 0) is 9.59 Å². The van der Waals surface area contributed by atoms with Gasteiger partial charge >= 0.3 is 0 Å². The largest absolute Gasteiger partial charge is 0.326 e. The minimum Gasteiger partial charge on any atom is -0.326 e. The van der Waals surface area contributed by atoms with Gasteiger partial charge < -0.3 is 5.73 Å². The summed E-state index contributed by atoms with van der Waals surface area (Å²) in [4.78, 5) is 26.0. The van der Waals surface area contributed by atoms with Crippen molar-refractivity contribution in [1.29, 1.82) is 0 Å². The fourth-order valence-electron chi connectivity index (χ4n) is 3.31. The number of amides is 2. The summed E-state index contributed by atoms with van der Waals surface area (Å²) in [5.41, 5.74) is 5.97. The molecule has 1 aliphatic carbocycles. The maximum absolute atomic E-state index is 12.3. The molecule has 0 radical (unpaired) electrons. The molecule has 0 aromatic rings. The molecule has 2 rings (SSSR count). The summed E-state index contributed by atoms with van der Waals surface area (Å²) in [7, 11) is 0. The average Bonchev–Trinajstić information content (AvgIpc) is 2.34. The van der Waals surface area contributed by atoms with Crippen LogP contribution in [0.5, 0.6) is 0 Å². The molecule has 4 nitrogen and oxygen atoms in total. The zero-order valence-electron chi connectivity index (χ0n) is 12.2. The van der Waals surface area contributed by atoms with Crippen LogP contribution in [0.2, 0.25) is 0 Å². The Hall–Kier alpha value is -0.900. The van der Waals surface area contributed by atoms with E-state index in [1.165, 1.54) is 11.3 Å². The molecule has 0 aromatic carbocycles. The van der Waals surface area contributed by atoms with Crippen LogP contribution >= 0.6 is 0 Å². The number of carbonyl (C=O) groups excluding carboxylic acids is 2. The van der Waals surface area contributed by atoms with Crippen LogP contribution in [0.25, 0.3) is 0 Å². The van der Waals surface area contributed by atoms with Gasteiger partial charge in [-0.05, 0) is 24.2 Å². The van der Waals surface area contributed by atoms with Gasteiger partial charge in [-0.25, -0.2) is 0 Å². The van der Waals surface area contributed by atoms with Crippen molar-refractivity contribution in [2.75, 3.05) is 6.54 Å². The predicted octanol–water partition coefficient (Wildman–Crippen LogP) is 2.07. The zero-order chi connectivity index (χ0) is 14.0. The Kier molecular flexibility index (Phi) is 4.29. The van der Waals surface area contributed by atoms with Crippen molar-refractivity contribution in [3.05, 3.63) is 0 Å². The summed E-state index contributed by atoms with van der Waals surface area (Å²) >= 11 is 0. The van der Waals surface area contributed by atoms with Crippen LogP contribution in [0.1, 0.15) is 58.8 Å². The first-order valence-electron chi connectivity index (χ1n) is 7.52. The van der Waals surface area contributed by atoms with E-state index in [9.17, 15) is 9.59 Å². The number of rotatable bonds is 3. The van der Waals surface area contributed by atoms with Crippen molar-refractivity contribution in [3.63, 3.8) is 0 Å². The molecule has 2 N–H and O–H groups in total. The molecule has 2 aliphatic rings. The number of nitrogens with zero attached hydrogens (tertiary/aromatic N) is 1. The van der Waals surface area contributed by atoms with Crippen molar-refractivity contribution in [1.82, 2.24) is 4.90 Å². The summed E-state index contributed by atoms with van der Waals surface area (Å²) in [6.45, 7) is 4.42. The number of hydrogen-bond acceptors (Lipinski definition) is 3. The van der Waals surface area contributed by atoms with E-state index in [0.29, 0.717) is 19.4 Å². The van der Waals surface area contributed by atoms with Crippen LogP contribution in [0.3, 0.4) is 0 Å². The van der Waals surface area contributed by atoms with E-state index in [-0.39, 0.29) is 29.2 Å². The van der Waals surface area contributed by atoms with Gasteiger partial charge in [0, 0.05) is 25.4 Å². The Morgan fingerprint density at radius 1 is 1.11 bits per heavy atom. The smallest absolute Gasteiger partial charge is 0.229 e. The quantitative estimate of drug-likeness (QED) is 0.795. The molecule has 0 aromatic heterocycles. The van der Waals surface area contributed by atoms with Gasteiger partial charge in [-0.3, -0.25) is 14.5 Å². The molecule has 1 atom stereocenters. The zero-order valence-corrected chi connectivity index (χ0v) is 12.2. The van der Waals surface area contributed by atoms with E-state index < -0.39 is 0 Å². The molecule has 1 spiro atoms. The maximum atomic E-state index is 12.3. The molecule has 1 saturated heterocycles. The number of nitrogens with two attached hydrogens (primary N) is 1. The molecule has 1 saturated carbocycles. The van der Waals surface area contributed by atoms with Gasteiger partial charge in [0.1, 0.15) is 0 Å². The monoisotopic (exact) mass is 266 g/mol. The van der Waals surface area contributed by atoms with E-state index in [0.717, 1.165) is 25.7 Å². The molecule has 19 heavy (non-hydrogen) atoms. The van der Waals surface area contributed by atoms with Gasteiger partial charge in [-0.1, -0.05) is 33.1 Å². The van der Waals surface area contributed by atoms with E-state index >= 15 is 0 Å². The molecule has 1 aliphatic heterocycles. The third-order valence-electron chi connectivity index (χ3n) is 4.82. The van der Waals surface area contributed by atoms with E-state index in [1.807, 2.05) is 13.8 Å². The average molecular weight is 266 g/mol. The summed E-state index contributed by atoms with van der Waals surface area (Å²) in [5, 5.41) is 0. The lowest BCUT2D eigenvalue weighted by molar-refractivity contribution is -0.155. The van der Waals surface area contributed by atoms with Crippen molar-refractivity contribution in [2.24, 2.45) is 17.1 Å². The highest BCUT2D eigenvalue weighted by molar-refractivity contribution is 5.98. The lowest BCUT2D eigenvalue weighted by Gasteiger charge is -2.43. The molecule has 0 bridgehead atoms. The second-order valence-corrected chi connectivity index (χ2v) is 6.72. The van der Waals surface area contributed by atoms with Crippen LogP contribution in [-0.4, -0.2) is 29.3 Å². The SMILES string of the molecule is CC(C)C(N)CN1C(=O)CC2(CCCCC2)CC1=O. The third kappa shape index (κ3) is 3.16. The molecule has 1 heterocycles. The fraction of sp³-hybridized carbons (Fsp3) is 0.867. The number of piperidine rings is 1. The molecule has 4 heteroatoms. The van der Waals surface area contributed by atoms with E-state index in [4.69, 9.17) is 5.73 Å². The van der Waals surface area contributed by atoms with Crippen LogP contribution in [0, 0.1) is 11.3 Å². The minimum atomic E-state index is -0.117. The van der Waals surface area contributed by atoms with Crippen molar-refractivity contribution in [2.45, 2.75) is 64.8 Å². The molecular formula is C15H26N2O2. The van der Waals surface area contributed by atoms with Crippen LogP contribution < -0.4 is 5.73 Å². The van der Waals surface area contributed by atoms with Crippen molar-refractivity contribution in [3.8, 4) is 0 Å². The fourth-order valence-corrected chi connectivity index (χ4v) is 3.31. The van der Waals surface area contributed by atoms with Gasteiger partial charge in [-0.2, -0.15) is 0 Å². The molecular weight excluding hydrogens is 240 g/mol. The van der Waals surface area contributed by atoms with Crippen LogP contribution in [0.15, 0.2) is 0 Å². The first-order chi connectivity index (χ1) is 8.93. The first kappa shape index (κ1) is 14.5.